The van der Waals surface area contributed by atoms with Gasteiger partial charge < -0.3 is 16.2 Å². The zero-order valence-corrected chi connectivity index (χ0v) is 16.0. The molecule has 0 spiro atoms. The van der Waals surface area contributed by atoms with Gasteiger partial charge in [0.05, 0.1) is 12.1 Å². The summed E-state index contributed by atoms with van der Waals surface area (Å²) in [5.41, 5.74) is 6.16. The van der Waals surface area contributed by atoms with E-state index in [2.05, 4.69) is 5.32 Å². The second-order valence-corrected chi connectivity index (χ2v) is 7.50. The summed E-state index contributed by atoms with van der Waals surface area (Å²) in [4.78, 5) is 12.7. The number of nitrogens with two attached hydrogens (primary N) is 1. The molecule has 2 aromatic carbocycles. The van der Waals surface area contributed by atoms with Gasteiger partial charge in [-0.05, 0) is 23.0 Å². The van der Waals surface area contributed by atoms with Gasteiger partial charge >= 0.3 is 0 Å². The van der Waals surface area contributed by atoms with Crippen molar-refractivity contribution < 1.29 is 9.90 Å². The second-order valence-electron chi connectivity index (χ2n) is 7.50. The van der Waals surface area contributed by atoms with Gasteiger partial charge in [0, 0.05) is 0 Å². The molecular weight excluding hydrogens is 324 g/mol. The molecule has 2 atom stereocenters. The van der Waals surface area contributed by atoms with Crippen molar-refractivity contribution in [2.24, 2.45) is 17.6 Å². The molecule has 0 unspecified atom stereocenters. The van der Waals surface area contributed by atoms with E-state index in [4.69, 9.17) is 5.73 Å². The molecule has 4 N–H and O–H groups in total. The molecular formula is C22H30N2O2. The summed E-state index contributed by atoms with van der Waals surface area (Å²) in [5, 5.41) is 14.9. The summed E-state index contributed by atoms with van der Waals surface area (Å²) in [6.07, 6.45) is 0. The van der Waals surface area contributed by atoms with Crippen LogP contribution in [0.2, 0.25) is 0 Å². The van der Waals surface area contributed by atoms with Crippen LogP contribution >= 0.6 is 0 Å². The van der Waals surface area contributed by atoms with Crippen molar-refractivity contribution in [3.05, 3.63) is 71.8 Å². The van der Waals surface area contributed by atoms with Crippen LogP contribution < -0.4 is 11.1 Å². The zero-order valence-electron chi connectivity index (χ0n) is 16.0. The van der Waals surface area contributed by atoms with E-state index < -0.39 is 17.7 Å². The van der Waals surface area contributed by atoms with Crippen LogP contribution in [0, 0.1) is 11.8 Å². The molecule has 0 bridgehead atoms. The highest BCUT2D eigenvalue weighted by Crippen LogP contribution is 2.36. The average molecular weight is 354 g/mol. The lowest BCUT2D eigenvalue weighted by molar-refractivity contribution is -0.126. The lowest BCUT2D eigenvalue weighted by Gasteiger charge is -2.40. The van der Waals surface area contributed by atoms with Crippen LogP contribution in [0.4, 0.5) is 0 Å². The Morgan fingerprint density at radius 3 is 1.65 bits per heavy atom. The molecule has 0 saturated heterocycles. The topological polar surface area (TPSA) is 75.4 Å². The molecule has 4 nitrogen and oxygen atoms in total. The first-order valence-electron chi connectivity index (χ1n) is 9.17. The molecule has 140 valence electrons. The quantitative estimate of drug-likeness (QED) is 0.715. The van der Waals surface area contributed by atoms with E-state index in [1.54, 1.807) is 0 Å². The maximum absolute atomic E-state index is 12.7. The van der Waals surface area contributed by atoms with Gasteiger partial charge in [-0.25, -0.2) is 0 Å². The lowest BCUT2D eigenvalue weighted by atomic mass is 9.75. The SMILES string of the molecule is CC(C)[C@H](N)C(=O)N[C@H](C(C)C)C(O)(c1ccccc1)c1ccccc1. The Bertz CT molecular complexity index is 659. The molecule has 0 fully saturated rings. The predicted molar refractivity (Wildman–Crippen MR) is 105 cm³/mol. The molecule has 0 aliphatic heterocycles. The largest absolute Gasteiger partial charge is 0.378 e. The number of carbonyl (C=O) groups excluding carboxylic acids is 1. The fourth-order valence-electron chi connectivity index (χ4n) is 3.22. The van der Waals surface area contributed by atoms with Crippen LogP contribution in [0.1, 0.15) is 38.8 Å². The van der Waals surface area contributed by atoms with Crippen molar-refractivity contribution in [1.29, 1.82) is 0 Å². The van der Waals surface area contributed by atoms with Crippen molar-refractivity contribution >= 4 is 5.91 Å². The van der Waals surface area contributed by atoms with E-state index in [9.17, 15) is 9.90 Å². The highest BCUT2D eigenvalue weighted by Gasteiger charge is 2.43. The number of benzene rings is 2. The van der Waals surface area contributed by atoms with Gasteiger partial charge in [-0.1, -0.05) is 88.4 Å². The molecule has 0 aromatic heterocycles. The van der Waals surface area contributed by atoms with Crippen molar-refractivity contribution in [1.82, 2.24) is 5.32 Å². The summed E-state index contributed by atoms with van der Waals surface area (Å²) in [5.74, 6) is -0.239. The number of carbonyl (C=O) groups is 1. The first-order valence-corrected chi connectivity index (χ1v) is 9.17. The molecule has 4 heteroatoms. The fourth-order valence-corrected chi connectivity index (χ4v) is 3.22. The van der Waals surface area contributed by atoms with Crippen molar-refractivity contribution in [3.63, 3.8) is 0 Å². The third-order valence-electron chi connectivity index (χ3n) is 4.86. The maximum Gasteiger partial charge on any atom is 0.237 e. The maximum atomic E-state index is 12.7. The summed E-state index contributed by atoms with van der Waals surface area (Å²) in [6.45, 7) is 7.80. The molecule has 1 amide bonds. The van der Waals surface area contributed by atoms with Crippen LogP contribution in [0.3, 0.4) is 0 Å². The number of nitrogens with one attached hydrogen (secondary N) is 1. The normalized spacial score (nSPS) is 14.3. The van der Waals surface area contributed by atoms with Crippen LogP contribution in [0.5, 0.6) is 0 Å². The molecule has 0 aliphatic carbocycles. The molecule has 2 aromatic rings. The first kappa shape index (κ1) is 20.1. The Balaban J connectivity index is 2.52. The summed E-state index contributed by atoms with van der Waals surface area (Å²) < 4.78 is 0. The van der Waals surface area contributed by atoms with E-state index in [0.717, 1.165) is 11.1 Å². The minimum Gasteiger partial charge on any atom is -0.378 e. The van der Waals surface area contributed by atoms with Crippen LogP contribution in [0.25, 0.3) is 0 Å². The Kier molecular flexibility index (Phi) is 6.57. The second kappa shape index (κ2) is 8.47. The van der Waals surface area contributed by atoms with E-state index in [1.807, 2.05) is 88.4 Å². The minimum absolute atomic E-state index is 0.0104. The minimum atomic E-state index is -1.36. The van der Waals surface area contributed by atoms with Crippen molar-refractivity contribution in [2.75, 3.05) is 0 Å². The van der Waals surface area contributed by atoms with E-state index in [-0.39, 0.29) is 17.7 Å². The zero-order chi connectivity index (χ0) is 19.3. The molecule has 2 rings (SSSR count). The molecule has 0 saturated carbocycles. The Morgan fingerprint density at radius 2 is 1.31 bits per heavy atom. The Labute approximate surface area is 156 Å². The predicted octanol–water partition coefficient (Wildman–Crippen LogP) is 3.05. The summed E-state index contributed by atoms with van der Waals surface area (Å²) in [7, 11) is 0. The standard InChI is InChI=1S/C22H30N2O2/c1-15(2)19(23)21(25)24-20(16(3)4)22(26,17-11-7-5-8-12-17)18-13-9-6-10-14-18/h5-16,19-20,26H,23H2,1-4H3,(H,24,25)/t19-,20+/m0/s1. The van der Waals surface area contributed by atoms with Gasteiger partial charge in [-0.15, -0.1) is 0 Å². The van der Waals surface area contributed by atoms with Crippen LogP contribution in [-0.2, 0) is 10.4 Å². The van der Waals surface area contributed by atoms with E-state index in [0.29, 0.717) is 0 Å². The third-order valence-corrected chi connectivity index (χ3v) is 4.86. The van der Waals surface area contributed by atoms with Gasteiger partial charge in [0.2, 0.25) is 5.91 Å². The number of hydrogen-bond donors (Lipinski definition) is 3. The van der Waals surface area contributed by atoms with Gasteiger partial charge in [-0.2, -0.15) is 0 Å². The number of aliphatic hydroxyl groups is 1. The molecule has 26 heavy (non-hydrogen) atoms. The molecule has 0 heterocycles. The summed E-state index contributed by atoms with van der Waals surface area (Å²) in [6, 6.07) is 17.8. The Hall–Kier alpha value is -2.17. The van der Waals surface area contributed by atoms with Gasteiger partial charge in [0.25, 0.3) is 0 Å². The number of amides is 1. The molecule has 0 radical (unpaired) electrons. The highest BCUT2D eigenvalue weighted by atomic mass is 16.3. The summed E-state index contributed by atoms with van der Waals surface area (Å²) >= 11 is 0. The van der Waals surface area contributed by atoms with E-state index >= 15 is 0 Å². The highest BCUT2D eigenvalue weighted by molar-refractivity contribution is 5.82. The van der Waals surface area contributed by atoms with Crippen LogP contribution in [0.15, 0.2) is 60.7 Å². The number of hydrogen-bond acceptors (Lipinski definition) is 3. The van der Waals surface area contributed by atoms with Gasteiger partial charge in [-0.3, -0.25) is 4.79 Å². The number of rotatable bonds is 7. The van der Waals surface area contributed by atoms with E-state index in [1.165, 1.54) is 0 Å². The first-order chi connectivity index (χ1) is 12.3. The lowest BCUT2D eigenvalue weighted by Crippen LogP contribution is -2.58. The van der Waals surface area contributed by atoms with Gasteiger partial charge in [0.15, 0.2) is 0 Å². The van der Waals surface area contributed by atoms with Crippen molar-refractivity contribution in [2.45, 2.75) is 45.4 Å². The average Bonchev–Trinajstić information content (AvgIpc) is 2.65. The Morgan fingerprint density at radius 1 is 0.885 bits per heavy atom. The molecule has 0 aliphatic rings. The third kappa shape index (κ3) is 4.14. The monoisotopic (exact) mass is 354 g/mol. The fraction of sp³-hybridized carbons (Fsp3) is 0.409. The van der Waals surface area contributed by atoms with Gasteiger partial charge in [0.1, 0.15) is 5.60 Å². The smallest absolute Gasteiger partial charge is 0.237 e. The van der Waals surface area contributed by atoms with Crippen molar-refractivity contribution in [3.8, 4) is 0 Å². The van der Waals surface area contributed by atoms with Crippen LogP contribution in [-0.4, -0.2) is 23.1 Å².